The van der Waals surface area contributed by atoms with Gasteiger partial charge in [-0.3, -0.25) is 18.6 Å². The Morgan fingerprint density at radius 1 is 0.554 bits per heavy atom. The summed E-state index contributed by atoms with van der Waals surface area (Å²) < 4.78 is 32.7. The Morgan fingerprint density at radius 3 is 1.54 bits per heavy atom. The topological polar surface area (TPSA) is 134 Å². The SMILES string of the molecule is CC/C=C\C/C=C\C/C=C\C/C=C\C/C=C\CCCC(=O)OC(COC(=O)CCCCCCCCC/C=C\CCCCCCCCC)COP(=O)(O)OCCN. The molecule has 2 unspecified atom stereocenters. The monoisotopic (exact) mass is 806 g/mol. The van der Waals surface area contributed by atoms with Crippen molar-refractivity contribution >= 4 is 19.8 Å². The summed E-state index contributed by atoms with van der Waals surface area (Å²) in [5.41, 5.74) is 5.34. The highest BCUT2D eigenvalue weighted by atomic mass is 31.2. The van der Waals surface area contributed by atoms with Crippen LogP contribution in [0, 0.1) is 0 Å². The molecule has 3 N–H and O–H groups in total. The summed E-state index contributed by atoms with van der Waals surface area (Å²) in [5.74, 6) is -0.906. The molecule has 0 saturated heterocycles. The highest BCUT2D eigenvalue weighted by Gasteiger charge is 2.25. The molecule has 0 radical (unpaired) electrons. The van der Waals surface area contributed by atoms with Gasteiger partial charge < -0.3 is 20.1 Å². The lowest BCUT2D eigenvalue weighted by molar-refractivity contribution is -0.161. The number of unbranched alkanes of at least 4 members (excludes halogenated alkanes) is 15. The van der Waals surface area contributed by atoms with Gasteiger partial charge in [-0.15, -0.1) is 0 Å². The first-order valence-electron chi connectivity index (χ1n) is 21.9. The van der Waals surface area contributed by atoms with Crippen LogP contribution < -0.4 is 5.73 Å². The van der Waals surface area contributed by atoms with Crippen molar-refractivity contribution in [2.24, 2.45) is 5.73 Å². The molecule has 0 bridgehead atoms. The number of ether oxygens (including phenoxy) is 2. The lowest BCUT2D eigenvalue weighted by Gasteiger charge is -2.19. The van der Waals surface area contributed by atoms with Gasteiger partial charge in [0.2, 0.25) is 0 Å². The van der Waals surface area contributed by atoms with Crippen molar-refractivity contribution in [2.45, 2.75) is 180 Å². The van der Waals surface area contributed by atoms with Gasteiger partial charge in [-0.25, -0.2) is 4.57 Å². The number of esters is 2. The minimum absolute atomic E-state index is 0.0405. The maximum Gasteiger partial charge on any atom is 0.472 e. The minimum atomic E-state index is -4.40. The second kappa shape index (κ2) is 42.1. The van der Waals surface area contributed by atoms with Crippen molar-refractivity contribution in [3.05, 3.63) is 72.9 Å². The number of nitrogens with two attached hydrogens (primary N) is 1. The molecule has 0 fully saturated rings. The molecule has 0 aromatic carbocycles. The predicted octanol–water partition coefficient (Wildman–Crippen LogP) is 12.7. The summed E-state index contributed by atoms with van der Waals surface area (Å²) in [4.78, 5) is 34.9. The smallest absolute Gasteiger partial charge is 0.462 e. The number of carbonyl (C=O) groups excluding carboxylic acids is 2. The number of hydrogen-bond donors (Lipinski definition) is 2. The first-order chi connectivity index (χ1) is 27.3. The van der Waals surface area contributed by atoms with Crippen LogP contribution >= 0.6 is 7.82 Å². The Labute approximate surface area is 341 Å². The molecule has 0 heterocycles. The Hall–Kier alpha value is -2.55. The molecule has 0 aromatic heterocycles. The van der Waals surface area contributed by atoms with E-state index in [0.29, 0.717) is 12.8 Å². The third kappa shape index (κ3) is 41.1. The van der Waals surface area contributed by atoms with Crippen LogP contribution in [0.2, 0.25) is 0 Å². The van der Waals surface area contributed by atoms with Gasteiger partial charge in [-0.05, 0) is 77.0 Å². The maximum absolute atomic E-state index is 12.6. The normalized spacial score (nSPS) is 14.0. The molecule has 322 valence electrons. The van der Waals surface area contributed by atoms with E-state index in [1.165, 1.54) is 70.6 Å². The molecule has 2 atom stereocenters. The highest BCUT2D eigenvalue weighted by molar-refractivity contribution is 7.47. The van der Waals surface area contributed by atoms with Crippen LogP contribution in [-0.4, -0.2) is 49.3 Å². The fraction of sp³-hybridized carbons (Fsp3) is 0.696. The van der Waals surface area contributed by atoms with Crippen LogP contribution in [0.4, 0.5) is 0 Å². The van der Waals surface area contributed by atoms with Crippen LogP contribution in [0.15, 0.2) is 72.9 Å². The van der Waals surface area contributed by atoms with E-state index in [2.05, 4.69) is 80.7 Å². The standard InChI is InChI=1S/C46H80NO8P/c1-3-5-7-9-11-13-15-17-19-21-23-24-26-28-30-32-34-36-38-45(48)52-42-44(43-54-56(50,51)53-41-40-47)55-46(49)39-37-35-33-31-29-27-25-22-20-18-16-14-12-10-8-6-4-2/h6,8,12,14,18-21,25,27,31,33,44H,3-5,7,9-11,13,15-17,22-24,26,28-30,32,34-43,47H2,1-2H3,(H,50,51)/b8-6-,14-12-,20-18-,21-19-,27-25-,33-31-. The Balaban J connectivity index is 4.25. The Morgan fingerprint density at radius 2 is 1.00 bits per heavy atom. The number of phosphoric acid groups is 1. The predicted molar refractivity (Wildman–Crippen MR) is 233 cm³/mol. The molecule has 56 heavy (non-hydrogen) atoms. The van der Waals surface area contributed by atoms with Crippen molar-refractivity contribution in [3.8, 4) is 0 Å². The lowest BCUT2D eigenvalue weighted by atomic mass is 10.1. The quantitative estimate of drug-likeness (QED) is 0.0268. The van der Waals surface area contributed by atoms with Gasteiger partial charge in [0.1, 0.15) is 6.61 Å². The third-order valence-corrected chi connectivity index (χ3v) is 9.81. The van der Waals surface area contributed by atoms with Crippen LogP contribution in [0.3, 0.4) is 0 Å². The van der Waals surface area contributed by atoms with E-state index in [-0.39, 0.29) is 32.6 Å². The van der Waals surface area contributed by atoms with E-state index < -0.39 is 32.5 Å². The van der Waals surface area contributed by atoms with E-state index in [0.717, 1.165) is 64.2 Å². The van der Waals surface area contributed by atoms with Crippen molar-refractivity contribution in [2.75, 3.05) is 26.4 Å². The van der Waals surface area contributed by atoms with Gasteiger partial charge >= 0.3 is 19.8 Å². The largest absolute Gasteiger partial charge is 0.472 e. The zero-order valence-corrected chi connectivity index (χ0v) is 36.2. The molecular weight excluding hydrogens is 725 g/mol. The van der Waals surface area contributed by atoms with Crippen LogP contribution in [0.5, 0.6) is 0 Å². The van der Waals surface area contributed by atoms with Gasteiger partial charge in [0.05, 0.1) is 13.2 Å². The zero-order chi connectivity index (χ0) is 41.1. The summed E-state index contributed by atoms with van der Waals surface area (Å²) in [5, 5.41) is 0. The fourth-order valence-corrected chi connectivity index (χ4v) is 6.37. The second-order valence-electron chi connectivity index (χ2n) is 14.2. The minimum Gasteiger partial charge on any atom is -0.462 e. The van der Waals surface area contributed by atoms with E-state index in [9.17, 15) is 19.0 Å². The molecule has 0 rings (SSSR count). The van der Waals surface area contributed by atoms with Gasteiger partial charge in [-0.1, -0.05) is 157 Å². The van der Waals surface area contributed by atoms with Crippen LogP contribution in [-0.2, 0) is 32.7 Å². The first-order valence-corrected chi connectivity index (χ1v) is 23.4. The van der Waals surface area contributed by atoms with Crippen molar-refractivity contribution in [1.82, 2.24) is 0 Å². The lowest BCUT2D eigenvalue weighted by Crippen LogP contribution is -2.29. The fourth-order valence-electron chi connectivity index (χ4n) is 5.60. The highest BCUT2D eigenvalue weighted by Crippen LogP contribution is 2.43. The number of allylic oxidation sites excluding steroid dienone is 12. The molecule has 10 heteroatoms. The summed E-state index contributed by atoms with van der Waals surface area (Å²) in [6, 6.07) is 0. The molecule has 0 aliphatic carbocycles. The summed E-state index contributed by atoms with van der Waals surface area (Å²) in [6.45, 7) is 3.54. The molecular formula is C46H80NO8P. The number of rotatable bonds is 40. The number of carbonyl (C=O) groups is 2. The molecule has 0 aromatic rings. The van der Waals surface area contributed by atoms with E-state index in [4.69, 9.17) is 24.3 Å². The van der Waals surface area contributed by atoms with Crippen LogP contribution in [0.1, 0.15) is 174 Å². The number of hydrogen-bond acceptors (Lipinski definition) is 8. The van der Waals surface area contributed by atoms with Crippen molar-refractivity contribution in [3.63, 3.8) is 0 Å². The Bertz CT molecular complexity index is 1150. The summed E-state index contributed by atoms with van der Waals surface area (Å²) in [7, 11) is -4.40. The van der Waals surface area contributed by atoms with Gasteiger partial charge in [0, 0.05) is 19.4 Å². The third-order valence-electron chi connectivity index (χ3n) is 8.83. The van der Waals surface area contributed by atoms with E-state index >= 15 is 0 Å². The van der Waals surface area contributed by atoms with E-state index in [1.807, 2.05) is 6.08 Å². The molecule has 0 amide bonds. The zero-order valence-electron chi connectivity index (χ0n) is 35.3. The molecule has 0 aliphatic rings. The molecule has 0 spiro atoms. The average Bonchev–Trinajstić information content (AvgIpc) is 3.18. The van der Waals surface area contributed by atoms with Gasteiger partial charge in [0.15, 0.2) is 6.10 Å². The molecule has 9 nitrogen and oxygen atoms in total. The first kappa shape index (κ1) is 53.5. The average molecular weight is 806 g/mol. The summed E-state index contributed by atoms with van der Waals surface area (Å²) in [6.07, 6.45) is 50.8. The van der Waals surface area contributed by atoms with Crippen molar-refractivity contribution in [1.29, 1.82) is 0 Å². The van der Waals surface area contributed by atoms with E-state index in [1.54, 1.807) is 0 Å². The number of phosphoric ester groups is 1. The van der Waals surface area contributed by atoms with Crippen LogP contribution in [0.25, 0.3) is 0 Å². The second-order valence-corrected chi connectivity index (χ2v) is 15.6. The van der Waals surface area contributed by atoms with Gasteiger partial charge in [-0.2, -0.15) is 0 Å². The molecule has 0 saturated carbocycles. The van der Waals surface area contributed by atoms with Crippen molar-refractivity contribution < 1.29 is 37.6 Å². The molecule has 0 aliphatic heterocycles. The van der Waals surface area contributed by atoms with Gasteiger partial charge in [0.25, 0.3) is 0 Å². The summed E-state index contributed by atoms with van der Waals surface area (Å²) >= 11 is 0. The maximum atomic E-state index is 12.6. The Kier molecular flexibility index (Phi) is 40.2.